The standard InChI is InChI=1S/C26H24N2O7S/c1-18(29)27-16-21-9-12-25(35-21)24(30)17-34-26(31)13-8-19-6-10-22(11-7-19)36(32,33)28-15-14-20-4-2-3-5-23(20)28/h2-13H,14-17H2,1H3,(H,27,29)/b13-8+. The highest BCUT2D eigenvalue weighted by Gasteiger charge is 2.30. The van der Waals surface area contributed by atoms with E-state index >= 15 is 0 Å². The van der Waals surface area contributed by atoms with Gasteiger partial charge in [-0.05, 0) is 54.0 Å². The van der Waals surface area contributed by atoms with Crippen molar-refractivity contribution in [3.63, 3.8) is 0 Å². The number of Topliss-reactive ketones (excluding diaryl/α,β-unsaturated/α-hetero) is 1. The third kappa shape index (κ3) is 5.72. The van der Waals surface area contributed by atoms with Gasteiger partial charge in [0.25, 0.3) is 10.0 Å². The van der Waals surface area contributed by atoms with E-state index in [1.165, 1.54) is 35.5 Å². The number of benzene rings is 2. The lowest BCUT2D eigenvalue weighted by Gasteiger charge is -2.19. The van der Waals surface area contributed by atoms with Gasteiger partial charge in [0.05, 0.1) is 17.1 Å². The van der Waals surface area contributed by atoms with Gasteiger partial charge >= 0.3 is 5.97 Å². The Hall–Kier alpha value is -4.18. The first-order valence-electron chi connectivity index (χ1n) is 11.2. The maximum Gasteiger partial charge on any atom is 0.331 e. The second-order valence-corrected chi connectivity index (χ2v) is 9.93. The second kappa shape index (κ2) is 10.6. The summed E-state index contributed by atoms with van der Waals surface area (Å²) >= 11 is 0. The van der Waals surface area contributed by atoms with Gasteiger partial charge in [0, 0.05) is 19.5 Å². The molecule has 186 valence electrons. The van der Waals surface area contributed by atoms with Gasteiger partial charge in [-0.3, -0.25) is 13.9 Å². The molecule has 0 aliphatic carbocycles. The largest absolute Gasteiger partial charge is 0.456 e. The van der Waals surface area contributed by atoms with Gasteiger partial charge in [-0.1, -0.05) is 30.3 Å². The number of fused-ring (bicyclic) bond motifs is 1. The Morgan fingerprint density at radius 2 is 1.81 bits per heavy atom. The number of ketones is 1. The summed E-state index contributed by atoms with van der Waals surface area (Å²) in [5, 5.41) is 2.55. The summed E-state index contributed by atoms with van der Waals surface area (Å²) in [6.45, 7) is 1.40. The molecule has 0 saturated carbocycles. The van der Waals surface area contributed by atoms with Crippen LogP contribution in [0.5, 0.6) is 0 Å². The Bertz CT molecular complexity index is 1420. The normalized spacial score (nSPS) is 13.0. The van der Waals surface area contributed by atoms with E-state index in [4.69, 9.17) is 9.15 Å². The summed E-state index contributed by atoms with van der Waals surface area (Å²) in [7, 11) is -3.70. The predicted molar refractivity (Wildman–Crippen MR) is 132 cm³/mol. The number of furan rings is 1. The fraction of sp³-hybridized carbons (Fsp3) is 0.192. The van der Waals surface area contributed by atoms with Crippen molar-refractivity contribution in [3.05, 3.63) is 89.4 Å². The molecule has 4 rings (SSSR count). The number of hydrogen-bond acceptors (Lipinski definition) is 7. The van der Waals surface area contributed by atoms with E-state index in [2.05, 4.69) is 5.32 Å². The summed E-state index contributed by atoms with van der Waals surface area (Å²) in [6.07, 6.45) is 3.28. The highest BCUT2D eigenvalue weighted by Crippen LogP contribution is 2.32. The molecular formula is C26H24N2O7S. The van der Waals surface area contributed by atoms with Crippen molar-refractivity contribution in [2.75, 3.05) is 17.5 Å². The molecule has 1 amide bonds. The zero-order valence-electron chi connectivity index (χ0n) is 19.5. The number of sulfonamides is 1. The molecule has 10 heteroatoms. The number of esters is 1. The minimum Gasteiger partial charge on any atom is -0.456 e. The highest BCUT2D eigenvalue weighted by molar-refractivity contribution is 7.92. The van der Waals surface area contributed by atoms with Crippen LogP contribution in [0.1, 0.15) is 34.4 Å². The Kier molecular flexibility index (Phi) is 7.35. The maximum absolute atomic E-state index is 13.1. The molecule has 0 unspecified atom stereocenters. The van der Waals surface area contributed by atoms with Crippen LogP contribution in [-0.2, 0) is 37.3 Å². The predicted octanol–water partition coefficient (Wildman–Crippen LogP) is 3.11. The molecule has 3 aromatic rings. The number of amides is 1. The van der Waals surface area contributed by atoms with Crippen LogP contribution < -0.4 is 9.62 Å². The van der Waals surface area contributed by atoms with Gasteiger partial charge in [0.1, 0.15) is 5.76 Å². The van der Waals surface area contributed by atoms with E-state index < -0.39 is 28.4 Å². The van der Waals surface area contributed by atoms with Gasteiger partial charge in [0.15, 0.2) is 12.4 Å². The van der Waals surface area contributed by atoms with E-state index in [0.29, 0.717) is 30.0 Å². The molecular weight excluding hydrogens is 484 g/mol. The molecule has 2 heterocycles. The Morgan fingerprint density at radius 1 is 1.06 bits per heavy atom. The number of nitrogens with zero attached hydrogens (tertiary/aromatic N) is 1. The topological polar surface area (TPSA) is 123 Å². The quantitative estimate of drug-likeness (QED) is 0.268. The maximum atomic E-state index is 13.1. The molecule has 1 aliphatic rings. The van der Waals surface area contributed by atoms with E-state index in [1.807, 2.05) is 18.2 Å². The number of anilines is 1. The molecule has 0 bridgehead atoms. The van der Waals surface area contributed by atoms with Crippen molar-refractivity contribution in [2.24, 2.45) is 0 Å². The average molecular weight is 509 g/mol. The number of hydrogen-bond donors (Lipinski definition) is 1. The highest BCUT2D eigenvalue weighted by atomic mass is 32.2. The van der Waals surface area contributed by atoms with Gasteiger partial charge in [-0.25, -0.2) is 13.2 Å². The first-order valence-corrected chi connectivity index (χ1v) is 12.6. The molecule has 1 N–H and O–H groups in total. The van der Waals surface area contributed by atoms with E-state index in [-0.39, 0.29) is 23.1 Å². The Morgan fingerprint density at radius 3 is 2.56 bits per heavy atom. The van der Waals surface area contributed by atoms with Crippen LogP contribution >= 0.6 is 0 Å². The van der Waals surface area contributed by atoms with Crippen molar-refractivity contribution >= 4 is 39.4 Å². The summed E-state index contributed by atoms with van der Waals surface area (Å²) < 4.78 is 37.9. The fourth-order valence-electron chi connectivity index (χ4n) is 3.69. The number of carbonyl (C=O) groups excluding carboxylic acids is 3. The second-order valence-electron chi connectivity index (χ2n) is 8.06. The van der Waals surface area contributed by atoms with Crippen molar-refractivity contribution in [2.45, 2.75) is 24.8 Å². The first-order chi connectivity index (χ1) is 17.2. The minimum absolute atomic E-state index is 0.0181. The van der Waals surface area contributed by atoms with Crippen molar-refractivity contribution < 1.29 is 32.0 Å². The smallest absolute Gasteiger partial charge is 0.331 e. The summed E-state index contributed by atoms with van der Waals surface area (Å²) in [5.41, 5.74) is 2.28. The third-order valence-corrected chi connectivity index (χ3v) is 7.35. The molecule has 0 fully saturated rings. The van der Waals surface area contributed by atoms with Gasteiger partial charge in [-0.2, -0.15) is 0 Å². The van der Waals surface area contributed by atoms with Crippen LogP contribution in [0.2, 0.25) is 0 Å². The van der Waals surface area contributed by atoms with Crippen LogP contribution in [0.15, 0.2) is 76.1 Å². The van der Waals surface area contributed by atoms with Crippen molar-refractivity contribution in [1.82, 2.24) is 5.32 Å². The van der Waals surface area contributed by atoms with Crippen LogP contribution in [-0.4, -0.2) is 39.2 Å². The summed E-state index contributed by atoms with van der Waals surface area (Å²) in [6, 6.07) is 16.6. The molecule has 0 atom stereocenters. The van der Waals surface area contributed by atoms with Crippen molar-refractivity contribution in [3.8, 4) is 0 Å². The lowest BCUT2D eigenvalue weighted by Crippen LogP contribution is -2.29. The van der Waals surface area contributed by atoms with Gasteiger partial charge < -0.3 is 14.5 Å². The van der Waals surface area contributed by atoms with Gasteiger partial charge in [0.2, 0.25) is 11.7 Å². The Labute approximate surface area is 208 Å². The van der Waals surface area contributed by atoms with E-state index in [0.717, 1.165) is 11.6 Å². The molecule has 0 radical (unpaired) electrons. The molecule has 9 nitrogen and oxygen atoms in total. The Balaban J connectivity index is 1.31. The zero-order chi connectivity index (χ0) is 25.7. The third-order valence-electron chi connectivity index (χ3n) is 5.52. The minimum atomic E-state index is -3.70. The van der Waals surface area contributed by atoms with Crippen LogP contribution in [0, 0.1) is 0 Å². The van der Waals surface area contributed by atoms with Crippen LogP contribution in [0.25, 0.3) is 6.08 Å². The SMILES string of the molecule is CC(=O)NCc1ccc(C(=O)COC(=O)/C=C/c2ccc(S(=O)(=O)N3CCc4ccccc43)cc2)o1. The molecule has 0 spiro atoms. The van der Waals surface area contributed by atoms with Crippen LogP contribution in [0.4, 0.5) is 5.69 Å². The summed E-state index contributed by atoms with van der Waals surface area (Å²) in [4.78, 5) is 35.3. The lowest BCUT2D eigenvalue weighted by molar-refractivity contribution is -0.136. The van der Waals surface area contributed by atoms with E-state index in [9.17, 15) is 22.8 Å². The number of carbonyl (C=O) groups is 3. The molecule has 2 aromatic carbocycles. The molecule has 36 heavy (non-hydrogen) atoms. The van der Waals surface area contributed by atoms with E-state index in [1.54, 1.807) is 24.3 Å². The first kappa shape index (κ1) is 24.9. The monoisotopic (exact) mass is 508 g/mol. The van der Waals surface area contributed by atoms with Gasteiger partial charge in [-0.15, -0.1) is 0 Å². The average Bonchev–Trinajstić information content (AvgIpc) is 3.53. The summed E-state index contributed by atoms with van der Waals surface area (Å²) in [5.74, 6) is -1.07. The lowest BCUT2D eigenvalue weighted by atomic mass is 10.2. The number of ether oxygens (including phenoxy) is 1. The fourth-order valence-corrected chi connectivity index (χ4v) is 5.19. The number of nitrogens with one attached hydrogen (secondary N) is 1. The van der Waals surface area contributed by atoms with Crippen molar-refractivity contribution in [1.29, 1.82) is 0 Å². The molecule has 0 saturated heterocycles. The van der Waals surface area contributed by atoms with Crippen LogP contribution in [0.3, 0.4) is 0 Å². The zero-order valence-corrected chi connectivity index (χ0v) is 20.3. The molecule has 1 aromatic heterocycles. The number of para-hydroxylation sites is 1. The molecule has 1 aliphatic heterocycles. The number of rotatable bonds is 9.